The molecular formula is C24H29N2O2S+. The van der Waals surface area contributed by atoms with Crippen LogP contribution in [0.1, 0.15) is 42.3 Å². The molecule has 29 heavy (non-hydrogen) atoms. The van der Waals surface area contributed by atoms with Crippen molar-refractivity contribution in [1.29, 1.82) is 0 Å². The molecule has 0 saturated carbocycles. The molecule has 152 valence electrons. The Hall–Kier alpha value is -2.63. The summed E-state index contributed by atoms with van der Waals surface area (Å²) in [6.07, 6.45) is 2.23. The number of carbonyl (C=O) groups is 1. The summed E-state index contributed by atoms with van der Waals surface area (Å²) in [6, 6.07) is 20.3. The number of para-hydroxylation sites is 2. The van der Waals surface area contributed by atoms with Crippen LogP contribution in [0.5, 0.6) is 5.75 Å². The molecule has 0 unspecified atom stereocenters. The van der Waals surface area contributed by atoms with Gasteiger partial charge in [-0.1, -0.05) is 55.8 Å². The number of quaternary nitrogens is 1. The maximum absolute atomic E-state index is 12.9. The van der Waals surface area contributed by atoms with Gasteiger partial charge in [0, 0.05) is 5.56 Å². The Morgan fingerprint density at radius 2 is 1.86 bits per heavy atom. The molecule has 3 aromatic rings. The molecule has 4 nitrogen and oxygen atoms in total. The Morgan fingerprint density at radius 3 is 2.52 bits per heavy atom. The van der Waals surface area contributed by atoms with Crippen molar-refractivity contribution < 1.29 is 14.8 Å². The van der Waals surface area contributed by atoms with Gasteiger partial charge < -0.3 is 15.4 Å². The third-order valence-corrected chi connectivity index (χ3v) is 5.94. The number of hydrogen-bond donors (Lipinski definition) is 2. The Labute approximate surface area is 176 Å². The maximum atomic E-state index is 12.9. The zero-order chi connectivity index (χ0) is 20.6. The van der Waals surface area contributed by atoms with Crippen molar-refractivity contribution in [2.75, 3.05) is 12.4 Å². The number of amides is 1. The van der Waals surface area contributed by atoms with Crippen LogP contribution in [0.3, 0.4) is 0 Å². The average molecular weight is 410 g/mol. The van der Waals surface area contributed by atoms with E-state index >= 15 is 0 Å². The Bertz CT molecular complexity index is 907. The van der Waals surface area contributed by atoms with Crippen molar-refractivity contribution >= 4 is 22.9 Å². The zero-order valence-electron chi connectivity index (χ0n) is 17.2. The van der Waals surface area contributed by atoms with Gasteiger partial charge in [0.05, 0.1) is 17.7 Å². The van der Waals surface area contributed by atoms with Gasteiger partial charge in [0.25, 0.3) is 5.91 Å². The Balaban J connectivity index is 1.76. The molecule has 0 radical (unpaired) electrons. The van der Waals surface area contributed by atoms with Gasteiger partial charge in [-0.2, -0.15) is 0 Å². The van der Waals surface area contributed by atoms with Crippen LogP contribution in [-0.2, 0) is 11.2 Å². The molecule has 1 aromatic heterocycles. The third kappa shape index (κ3) is 5.46. The van der Waals surface area contributed by atoms with Gasteiger partial charge in [0.2, 0.25) is 0 Å². The number of rotatable bonds is 9. The lowest BCUT2D eigenvalue weighted by Gasteiger charge is -2.20. The van der Waals surface area contributed by atoms with Gasteiger partial charge in [-0.3, -0.25) is 4.79 Å². The van der Waals surface area contributed by atoms with Crippen LogP contribution < -0.4 is 15.4 Å². The number of ether oxygens (including phenoxy) is 1. The smallest absolute Gasteiger partial charge is 0.282 e. The van der Waals surface area contributed by atoms with E-state index in [1.807, 2.05) is 31.2 Å². The number of methoxy groups -OCH3 is 1. The van der Waals surface area contributed by atoms with E-state index < -0.39 is 0 Å². The summed E-state index contributed by atoms with van der Waals surface area (Å²) in [7, 11) is 1.61. The predicted octanol–water partition coefficient (Wildman–Crippen LogP) is 4.39. The highest BCUT2D eigenvalue weighted by atomic mass is 32.1. The SMILES string of the molecule is CCCc1ccc([C@@H]([NH2+][C@H](C)C(=O)Nc2ccccc2OC)c2cccs2)cc1. The Morgan fingerprint density at radius 1 is 1.10 bits per heavy atom. The van der Waals surface area contributed by atoms with E-state index in [4.69, 9.17) is 4.74 Å². The normalized spacial score (nSPS) is 12.9. The lowest BCUT2D eigenvalue weighted by atomic mass is 10.0. The van der Waals surface area contributed by atoms with Gasteiger partial charge in [-0.05, 0) is 42.5 Å². The van der Waals surface area contributed by atoms with Crippen molar-refractivity contribution in [3.63, 3.8) is 0 Å². The van der Waals surface area contributed by atoms with Gasteiger partial charge in [0.15, 0.2) is 6.04 Å². The lowest BCUT2D eigenvalue weighted by molar-refractivity contribution is -0.703. The lowest BCUT2D eigenvalue weighted by Crippen LogP contribution is -2.92. The summed E-state index contributed by atoms with van der Waals surface area (Å²) < 4.78 is 5.34. The quantitative estimate of drug-likeness (QED) is 0.551. The zero-order valence-corrected chi connectivity index (χ0v) is 18.0. The molecule has 5 heteroatoms. The molecule has 0 aliphatic heterocycles. The van der Waals surface area contributed by atoms with Crippen molar-refractivity contribution in [3.05, 3.63) is 82.0 Å². The van der Waals surface area contributed by atoms with Crippen LogP contribution in [0, 0.1) is 0 Å². The summed E-state index contributed by atoms with van der Waals surface area (Å²) in [5.74, 6) is 0.619. The summed E-state index contributed by atoms with van der Waals surface area (Å²) in [6.45, 7) is 4.13. The van der Waals surface area contributed by atoms with Crippen molar-refractivity contribution in [1.82, 2.24) is 0 Å². The summed E-state index contributed by atoms with van der Waals surface area (Å²) in [4.78, 5) is 14.1. The van der Waals surface area contributed by atoms with Crippen LogP contribution in [0.2, 0.25) is 0 Å². The summed E-state index contributed by atoms with van der Waals surface area (Å²) in [5, 5.41) is 7.21. The third-order valence-electron chi connectivity index (χ3n) is 4.99. The molecule has 3 N–H and O–H groups in total. The van der Waals surface area contributed by atoms with E-state index in [-0.39, 0.29) is 18.0 Å². The largest absolute Gasteiger partial charge is 0.495 e. The van der Waals surface area contributed by atoms with E-state index in [1.54, 1.807) is 18.4 Å². The van der Waals surface area contributed by atoms with Gasteiger partial charge >= 0.3 is 0 Å². The second-order valence-corrected chi connectivity index (χ2v) is 8.13. The first kappa shape index (κ1) is 21.1. The minimum atomic E-state index is -0.262. The average Bonchev–Trinajstić information content (AvgIpc) is 3.27. The number of aryl methyl sites for hydroxylation is 1. The van der Waals surface area contributed by atoms with Crippen LogP contribution in [0.25, 0.3) is 0 Å². The number of nitrogens with one attached hydrogen (secondary N) is 1. The molecule has 2 atom stereocenters. The van der Waals surface area contributed by atoms with E-state index in [1.165, 1.54) is 16.0 Å². The van der Waals surface area contributed by atoms with E-state index in [0.29, 0.717) is 11.4 Å². The molecule has 0 bridgehead atoms. The number of hydrogen-bond acceptors (Lipinski definition) is 3. The van der Waals surface area contributed by atoms with Crippen LogP contribution in [0.4, 0.5) is 5.69 Å². The van der Waals surface area contributed by atoms with Crippen molar-refractivity contribution in [2.45, 2.75) is 38.8 Å². The minimum Gasteiger partial charge on any atom is -0.495 e. The topological polar surface area (TPSA) is 54.9 Å². The molecular weight excluding hydrogens is 380 g/mol. The fraction of sp³-hybridized carbons (Fsp3) is 0.292. The predicted molar refractivity (Wildman–Crippen MR) is 120 cm³/mol. The first-order valence-electron chi connectivity index (χ1n) is 10.0. The molecule has 0 fully saturated rings. The standard InChI is InChI=1S/C24H28N2O2S/c1-4-8-18-12-14-19(15-13-18)23(22-11-7-16-29-22)25-17(2)24(27)26-20-9-5-6-10-21(20)28-3/h5-7,9-17,23,25H,4,8H2,1-3H3,(H,26,27)/p+1/t17-,23-/m1/s1. The van der Waals surface area contributed by atoms with Gasteiger partial charge in [-0.15, -0.1) is 11.3 Å². The first-order chi connectivity index (χ1) is 14.1. The highest BCUT2D eigenvalue weighted by Crippen LogP contribution is 2.25. The highest BCUT2D eigenvalue weighted by Gasteiger charge is 2.26. The fourth-order valence-corrected chi connectivity index (χ4v) is 4.22. The molecule has 0 aliphatic carbocycles. The number of carbonyl (C=O) groups excluding carboxylic acids is 1. The highest BCUT2D eigenvalue weighted by molar-refractivity contribution is 7.10. The molecule has 1 heterocycles. The molecule has 2 aromatic carbocycles. The van der Waals surface area contributed by atoms with E-state index in [0.717, 1.165) is 12.8 Å². The maximum Gasteiger partial charge on any atom is 0.282 e. The van der Waals surface area contributed by atoms with Crippen molar-refractivity contribution in [2.24, 2.45) is 0 Å². The van der Waals surface area contributed by atoms with Crippen LogP contribution in [-0.4, -0.2) is 19.1 Å². The first-order valence-corrected chi connectivity index (χ1v) is 10.9. The molecule has 0 spiro atoms. The second kappa shape index (κ2) is 10.2. The second-order valence-electron chi connectivity index (χ2n) is 7.16. The molecule has 1 amide bonds. The van der Waals surface area contributed by atoms with Gasteiger partial charge in [-0.25, -0.2) is 0 Å². The summed E-state index contributed by atoms with van der Waals surface area (Å²) in [5.41, 5.74) is 3.25. The van der Waals surface area contributed by atoms with Gasteiger partial charge in [0.1, 0.15) is 11.8 Å². The van der Waals surface area contributed by atoms with E-state index in [2.05, 4.69) is 59.3 Å². The number of thiophene rings is 1. The summed E-state index contributed by atoms with van der Waals surface area (Å²) >= 11 is 1.72. The molecule has 0 aliphatic rings. The number of nitrogens with two attached hydrogens (primary N) is 1. The molecule has 0 saturated heterocycles. The fourth-order valence-electron chi connectivity index (χ4n) is 3.39. The van der Waals surface area contributed by atoms with Crippen LogP contribution >= 0.6 is 11.3 Å². The van der Waals surface area contributed by atoms with E-state index in [9.17, 15) is 4.79 Å². The van der Waals surface area contributed by atoms with Crippen LogP contribution in [0.15, 0.2) is 66.0 Å². The number of anilines is 1. The minimum absolute atomic E-state index is 0.0429. The van der Waals surface area contributed by atoms with Crippen molar-refractivity contribution in [3.8, 4) is 5.75 Å². The number of benzene rings is 2. The molecule has 3 rings (SSSR count). The monoisotopic (exact) mass is 409 g/mol. The Kier molecular flexibility index (Phi) is 7.44.